The van der Waals surface area contributed by atoms with Crippen LogP contribution in [0.3, 0.4) is 0 Å². The molecule has 2 nitrogen and oxygen atoms in total. The number of para-hydroxylation sites is 1. The lowest BCUT2D eigenvalue weighted by molar-refractivity contribution is 0.530. The van der Waals surface area contributed by atoms with Gasteiger partial charge >= 0.3 is 0 Å². The molecule has 0 fully saturated rings. The summed E-state index contributed by atoms with van der Waals surface area (Å²) in [5.41, 5.74) is 13.3. The summed E-state index contributed by atoms with van der Waals surface area (Å²) in [6.45, 7) is 2.08. The average Bonchev–Trinajstić information content (AvgIpc) is 3.32. The van der Waals surface area contributed by atoms with Crippen molar-refractivity contribution in [2.24, 2.45) is 0 Å². The molecule has 1 heterocycles. The molecule has 0 atom stereocenters. The first-order valence-corrected chi connectivity index (χ1v) is 12.5. The number of aryl methyl sites for hydroxylation is 1. The molecule has 0 saturated carbocycles. The molecule has 0 N–H and O–H groups in total. The smallest absolute Gasteiger partial charge is 0.136 e. The van der Waals surface area contributed by atoms with E-state index in [1.807, 2.05) is 136 Å². The lowest BCUT2D eigenvalue weighted by atomic mass is 10.2. The van der Waals surface area contributed by atoms with E-state index in [2.05, 4.69) is 53.3 Å². The first-order valence-electron chi connectivity index (χ1n) is 12.5. The number of hydrogen-bond donors (Lipinski definition) is 0. The summed E-state index contributed by atoms with van der Waals surface area (Å²) in [4.78, 5) is 2.06. The van der Waals surface area contributed by atoms with E-state index in [1.54, 1.807) is 0 Å². The topological polar surface area (TPSA) is 16.4 Å². The van der Waals surface area contributed by atoms with Gasteiger partial charge < -0.3 is 9.32 Å². The van der Waals surface area contributed by atoms with Crippen LogP contribution in [0, 0.1) is 6.92 Å². The maximum atomic E-state index is 5.69. The highest BCUT2D eigenvalue weighted by molar-refractivity contribution is 5.79. The summed E-state index contributed by atoms with van der Waals surface area (Å²) in [6, 6.07) is 18.3. The molecule has 188 valence electrons. The number of likely N-dealkylation sites (N-methyl/N-ethyl adjacent to an activating group) is 1. The predicted octanol–water partition coefficient (Wildman–Crippen LogP) is 7.25. The first kappa shape index (κ1) is 27.6. The molecule has 6 rings (SSSR count). The quantitative estimate of drug-likeness (QED) is 0.331. The number of rotatable bonds is 1. The van der Waals surface area contributed by atoms with Crippen LogP contribution in [-0.2, 0) is 0 Å². The summed E-state index contributed by atoms with van der Waals surface area (Å²) < 4.78 is 5.69. The second kappa shape index (κ2) is 15.9. The predicted molar refractivity (Wildman–Crippen MR) is 163 cm³/mol. The zero-order valence-electron chi connectivity index (χ0n) is 22.2. The van der Waals surface area contributed by atoms with Gasteiger partial charge in [-0.25, -0.2) is 0 Å². The highest BCUT2D eigenvalue weighted by Crippen LogP contribution is 2.07. The standard InChI is InChI=1S/C13H8O.C9H11N.C7H8.C7H6/c1-2-6-10-11-7-4-5-9-13(11)14-12(10)8-3-1;1-10(2)9-7-5-3-4-6-8-9;1-7-5-3-2-4-6-7;1-2-4-6-7-5-3-1/h2-9H;3,5-8H,1-2H3;2-6H,1H3;1-6H. The van der Waals surface area contributed by atoms with E-state index in [1.165, 1.54) is 11.3 Å². The van der Waals surface area contributed by atoms with Crippen molar-refractivity contribution in [2.75, 3.05) is 14.1 Å². The molecular weight excluding hydrogens is 462 g/mol. The Kier molecular flexibility index (Phi) is 11.6. The molecule has 38 heavy (non-hydrogen) atoms. The van der Waals surface area contributed by atoms with Crippen molar-refractivity contribution in [3.8, 4) is 0 Å². The van der Waals surface area contributed by atoms with Crippen molar-refractivity contribution < 1.29 is 4.42 Å². The van der Waals surface area contributed by atoms with E-state index in [9.17, 15) is 0 Å². The molecule has 0 aliphatic heterocycles. The molecule has 1 aromatic heterocycles. The summed E-state index contributed by atoms with van der Waals surface area (Å²) in [7, 11) is 4.05. The van der Waals surface area contributed by atoms with Crippen LogP contribution in [0.25, 0.3) is 23.1 Å². The molecule has 0 saturated heterocycles. The molecule has 0 radical (unpaired) electrons. The van der Waals surface area contributed by atoms with Crippen molar-refractivity contribution >= 4 is 23.1 Å². The van der Waals surface area contributed by atoms with E-state index >= 15 is 0 Å². The number of furan rings is 1. The van der Waals surface area contributed by atoms with Crippen LogP contribution in [0.1, 0.15) is 5.56 Å². The fraction of sp³-hybridized carbons (Fsp3) is 0.0833. The SMILES string of the molecule is C1=CC=CC=CC=1.C1=CC=c2oc3ccccc3c2=CC=1.CN(C)C1=CC=C=CC=C1.Cc1ccccc1. The van der Waals surface area contributed by atoms with E-state index in [-0.39, 0.29) is 0 Å². The zero-order valence-corrected chi connectivity index (χ0v) is 22.2. The van der Waals surface area contributed by atoms with E-state index in [0.29, 0.717) is 0 Å². The Balaban J connectivity index is 0.000000148. The number of benzene rings is 2. The lowest BCUT2D eigenvalue weighted by Crippen LogP contribution is -2.18. The average molecular weight is 496 g/mol. The Morgan fingerprint density at radius 1 is 0.605 bits per heavy atom. The van der Waals surface area contributed by atoms with Crippen LogP contribution >= 0.6 is 0 Å². The summed E-state index contributed by atoms with van der Waals surface area (Å²) in [6.07, 6.45) is 29.2. The molecule has 3 aliphatic rings. The monoisotopic (exact) mass is 495 g/mol. The molecule has 2 heteroatoms. The van der Waals surface area contributed by atoms with Gasteiger partial charge in [0.15, 0.2) is 0 Å². The number of nitrogens with zero attached hydrogens (tertiary/aromatic N) is 1. The van der Waals surface area contributed by atoms with Gasteiger partial charge in [0.25, 0.3) is 0 Å². The Morgan fingerprint density at radius 3 is 1.92 bits per heavy atom. The zero-order chi connectivity index (χ0) is 26.8. The minimum atomic E-state index is 0.910. The van der Waals surface area contributed by atoms with Gasteiger partial charge in [0.2, 0.25) is 0 Å². The van der Waals surface area contributed by atoms with Gasteiger partial charge in [-0.2, -0.15) is 0 Å². The first-order chi connectivity index (χ1) is 18.6. The molecule has 2 aromatic carbocycles. The molecule has 0 spiro atoms. The van der Waals surface area contributed by atoms with Gasteiger partial charge in [0, 0.05) is 30.4 Å². The molecule has 0 unspecified atom stereocenters. The van der Waals surface area contributed by atoms with Crippen LogP contribution in [0.5, 0.6) is 0 Å². The maximum Gasteiger partial charge on any atom is 0.136 e. The van der Waals surface area contributed by atoms with Crippen LogP contribution < -0.4 is 10.6 Å². The van der Waals surface area contributed by atoms with E-state index < -0.39 is 0 Å². The van der Waals surface area contributed by atoms with Gasteiger partial charge in [0.05, 0.1) is 0 Å². The second-order valence-electron chi connectivity index (χ2n) is 8.48. The highest BCUT2D eigenvalue weighted by atomic mass is 16.3. The summed E-state index contributed by atoms with van der Waals surface area (Å²) >= 11 is 0. The van der Waals surface area contributed by atoms with Gasteiger partial charge in [-0.05, 0) is 73.8 Å². The van der Waals surface area contributed by atoms with E-state index in [4.69, 9.17) is 4.42 Å². The molecular formula is C36H33NO. The van der Waals surface area contributed by atoms with Crippen molar-refractivity contribution in [3.05, 3.63) is 173 Å². The Labute approximate surface area is 225 Å². The Morgan fingerprint density at radius 2 is 1.21 bits per heavy atom. The lowest BCUT2D eigenvalue weighted by Gasteiger charge is -2.11. The van der Waals surface area contributed by atoms with Gasteiger partial charge in [-0.1, -0.05) is 84.5 Å². The fourth-order valence-corrected chi connectivity index (χ4v) is 3.38. The third kappa shape index (κ3) is 9.59. The normalized spacial score (nSPS) is 13.1. The molecule has 0 amide bonds. The number of fused-ring (bicyclic) bond motifs is 3. The third-order valence-corrected chi connectivity index (χ3v) is 5.32. The maximum absolute atomic E-state index is 5.69. The third-order valence-electron chi connectivity index (χ3n) is 5.32. The Bertz CT molecular complexity index is 1610. The highest BCUT2D eigenvalue weighted by Gasteiger charge is 2.00. The number of hydrogen-bond acceptors (Lipinski definition) is 2. The number of allylic oxidation sites excluding steroid dienone is 10. The van der Waals surface area contributed by atoms with Crippen molar-refractivity contribution in [1.29, 1.82) is 0 Å². The van der Waals surface area contributed by atoms with Crippen LogP contribution in [-0.4, -0.2) is 19.0 Å². The minimum Gasteiger partial charge on any atom is -0.456 e. The van der Waals surface area contributed by atoms with Crippen LogP contribution in [0.2, 0.25) is 0 Å². The van der Waals surface area contributed by atoms with Gasteiger partial charge in [-0.3, -0.25) is 0 Å². The van der Waals surface area contributed by atoms with Crippen molar-refractivity contribution in [3.63, 3.8) is 0 Å². The summed E-state index contributed by atoms with van der Waals surface area (Å²) in [5, 5.41) is 2.30. The van der Waals surface area contributed by atoms with Gasteiger partial charge in [-0.15, -0.1) is 17.2 Å². The summed E-state index contributed by atoms with van der Waals surface area (Å²) in [5.74, 6) is 0. The van der Waals surface area contributed by atoms with Crippen molar-refractivity contribution in [2.45, 2.75) is 6.92 Å². The van der Waals surface area contributed by atoms with E-state index in [0.717, 1.165) is 21.6 Å². The van der Waals surface area contributed by atoms with Crippen LogP contribution in [0.15, 0.2) is 161 Å². The molecule has 0 bridgehead atoms. The largest absolute Gasteiger partial charge is 0.456 e. The Hall–Kier alpha value is -4.96. The minimum absolute atomic E-state index is 0.910. The second-order valence-corrected chi connectivity index (χ2v) is 8.48. The molecule has 3 aliphatic carbocycles. The van der Waals surface area contributed by atoms with Crippen molar-refractivity contribution in [1.82, 2.24) is 4.90 Å². The fourth-order valence-electron chi connectivity index (χ4n) is 3.38. The molecule has 3 aromatic rings. The van der Waals surface area contributed by atoms with Crippen LogP contribution in [0.4, 0.5) is 0 Å². The van der Waals surface area contributed by atoms with Gasteiger partial charge in [0.1, 0.15) is 11.0 Å².